The molecule has 22 heavy (non-hydrogen) atoms. The zero-order valence-electron chi connectivity index (χ0n) is 12.9. The number of aliphatic carboxylic acids is 1. The molecule has 0 unspecified atom stereocenters. The number of ether oxygens (including phenoxy) is 1. The van der Waals surface area contributed by atoms with Crippen molar-refractivity contribution in [3.8, 4) is 0 Å². The maximum Gasteiger partial charge on any atom is 0.410 e. The first-order valence-corrected chi connectivity index (χ1v) is 8.21. The summed E-state index contributed by atoms with van der Waals surface area (Å²) in [5.74, 6) is -1.69. The molecule has 0 aromatic heterocycles. The summed E-state index contributed by atoms with van der Waals surface area (Å²) in [6, 6.07) is 7.76. The highest BCUT2D eigenvalue weighted by Gasteiger charge is 2.41. The number of hydrogen-bond acceptors (Lipinski definition) is 3. The molecule has 1 aromatic rings. The molecule has 1 saturated heterocycles. The second kappa shape index (κ2) is 6.44. The third-order valence-electron chi connectivity index (χ3n) is 3.59. The Morgan fingerprint density at radius 1 is 1.23 bits per heavy atom. The Hall–Kier alpha value is -1.31. The molecule has 1 aliphatic rings. The molecule has 2 atom stereocenters. The van der Waals surface area contributed by atoms with Gasteiger partial charge in [-0.1, -0.05) is 12.1 Å². The zero-order chi connectivity index (χ0) is 16.5. The summed E-state index contributed by atoms with van der Waals surface area (Å²) < 4.78 is 6.44. The first-order chi connectivity index (χ1) is 10.2. The predicted octanol–water partition coefficient (Wildman–Crippen LogP) is 3.33. The van der Waals surface area contributed by atoms with Crippen LogP contribution >= 0.6 is 22.6 Å². The predicted molar refractivity (Wildman–Crippen MR) is 90.8 cm³/mol. The van der Waals surface area contributed by atoms with E-state index in [1.165, 1.54) is 4.90 Å². The quantitative estimate of drug-likeness (QED) is 0.750. The molecule has 0 bridgehead atoms. The van der Waals surface area contributed by atoms with E-state index in [1.807, 2.05) is 24.3 Å². The number of halogens is 1. The van der Waals surface area contributed by atoms with Gasteiger partial charge in [-0.3, -0.25) is 4.79 Å². The van der Waals surface area contributed by atoms with Crippen molar-refractivity contribution in [2.24, 2.45) is 5.92 Å². The van der Waals surface area contributed by atoms with Crippen molar-refractivity contribution in [1.82, 2.24) is 4.90 Å². The van der Waals surface area contributed by atoms with Gasteiger partial charge in [0.2, 0.25) is 0 Å². The van der Waals surface area contributed by atoms with Gasteiger partial charge in [-0.15, -0.1) is 0 Å². The minimum absolute atomic E-state index is 0.181. The van der Waals surface area contributed by atoms with Gasteiger partial charge in [0.25, 0.3) is 0 Å². The van der Waals surface area contributed by atoms with E-state index in [2.05, 4.69) is 22.6 Å². The summed E-state index contributed by atoms with van der Waals surface area (Å²) in [6.07, 6.45) is -0.452. The molecule has 1 amide bonds. The average molecular weight is 417 g/mol. The summed E-state index contributed by atoms with van der Waals surface area (Å²) in [4.78, 5) is 25.2. The van der Waals surface area contributed by atoms with Crippen molar-refractivity contribution in [1.29, 1.82) is 0 Å². The summed E-state index contributed by atoms with van der Waals surface area (Å²) in [6.45, 7) is 5.94. The molecule has 0 aliphatic carbocycles. The van der Waals surface area contributed by atoms with Gasteiger partial charge in [0.05, 0.1) is 5.92 Å². The van der Waals surface area contributed by atoms with Crippen LogP contribution in [0.3, 0.4) is 0 Å². The molecule has 2 rings (SSSR count). The molecule has 120 valence electrons. The Bertz CT molecular complexity index is 565. The molecule has 1 N–H and O–H groups in total. The minimum Gasteiger partial charge on any atom is -0.481 e. The monoisotopic (exact) mass is 417 g/mol. The number of carbonyl (C=O) groups is 2. The minimum atomic E-state index is -0.880. The van der Waals surface area contributed by atoms with Gasteiger partial charge in [-0.05, 0) is 61.1 Å². The van der Waals surface area contributed by atoms with Crippen LogP contribution < -0.4 is 0 Å². The highest BCUT2D eigenvalue weighted by Crippen LogP contribution is 2.34. The van der Waals surface area contributed by atoms with E-state index in [9.17, 15) is 14.7 Å². The van der Waals surface area contributed by atoms with E-state index >= 15 is 0 Å². The third kappa shape index (κ3) is 4.12. The Kier molecular flexibility index (Phi) is 4.99. The molecular formula is C16H20INO4. The van der Waals surface area contributed by atoms with E-state index < -0.39 is 23.6 Å². The van der Waals surface area contributed by atoms with Gasteiger partial charge in [-0.2, -0.15) is 0 Å². The second-order valence-corrected chi connectivity index (χ2v) is 7.73. The van der Waals surface area contributed by atoms with Crippen molar-refractivity contribution < 1.29 is 19.4 Å². The lowest BCUT2D eigenvalue weighted by atomic mass is 9.89. The fourth-order valence-electron chi connectivity index (χ4n) is 2.58. The van der Waals surface area contributed by atoms with E-state index in [4.69, 9.17) is 4.74 Å². The SMILES string of the molecule is CC(C)(C)OC(=O)N1C[C@H](C(=O)O)[C@@H](c2ccc(I)cc2)C1. The summed E-state index contributed by atoms with van der Waals surface area (Å²) >= 11 is 2.21. The Balaban J connectivity index is 2.18. The number of rotatable bonds is 2. The van der Waals surface area contributed by atoms with Crippen LogP contribution in [0.4, 0.5) is 4.79 Å². The molecule has 6 heteroatoms. The van der Waals surface area contributed by atoms with Crippen LogP contribution in [0.1, 0.15) is 32.3 Å². The molecule has 1 aliphatic heterocycles. The lowest BCUT2D eigenvalue weighted by molar-refractivity contribution is -0.141. The number of amides is 1. The average Bonchev–Trinajstić information content (AvgIpc) is 2.83. The number of carboxylic acid groups (broad SMARTS) is 1. The second-order valence-electron chi connectivity index (χ2n) is 6.49. The van der Waals surface area contributed by atoms with Crippen molar-refractivity contribution in [2.45, 2.75) is 32.3 Å². The zero-order valence-corrected chi connectivity index (χ0v) is 15.0. The number of carbonyl (C=O) groups excluding carboxylic acids is 1. The number of likely N-dealkylation sites (tertiary alicyclic amines) is 1. The van der Waals surface area contributed by atoms with Crippen molar-refractivity contribution in [3.05, 3.63) is 33.4 Å². The molecule has 5 nitrogen and oxygen atoms in total. The van der Waals surface area contributed by atoms with Crippen molar-refractivity contribution in [3.63, 3.8) is 0 Å². The Morgan fingerprint density at radius 3 is 2.32 bits per heavy atom. The molecule has 1 aromatic carbocycles. The van der Waals surface area contributed by atoms with Crippen molar-refractivity contribution >= 4 is 34.7 Å². The maximum absolute atomic E-state index is 12.2. The number of carboxylic acids is 1. The molecule has 0 spiro atoms. The smallest absolute Gasteiger partial charge is 0.410 e. The van der Waals surface area contributed by atoms with Crippen LogP contribution in [0.15, 0.2) is 24.3 Å². The van der Waals surface area contributed by atoms with Crippen LogP contribution in [0.2, 0.25) is 0 Å². The standard InChI is InChI=1S/C16H20INO4/c1-16(2,3)22-15(21)18-8-12(13(9-18)14(19)20)10-4-6-11(17)7-5-10/h4-7,12-13H,8-9H2,1-3H3,(H,19,20)/t12-,13+/m1/s1. The Morgan fingerprint density at radius 2 is 1.82 bits per heavy atom. The van der Waals surface area contributed by atoms with E-state index in [0.29, 0.717) is 6.54 Å². The van der Waals surface area contributed by atoms with Gasteiger partial charge in [-0.25, -0.2) is 4.79 Å². The summed E-state index contributed by atoms with van der Waals surface area (Å²) in [5.41, 5.74) is 0.357. The highest BCUT2D eigenvalue weighted by molar-refractivity contribution is 14.1. The lowest BCUT2D eigenvalue weighted by Gasteiger charge is -2.24. The third-order valence-corrected chi connectivity index (χ3v) is 4.31. The van der Waals surface area contributed by atoms with Gasteiger partial charge >= 0.3 is 12.1 Å². The van der Waals surface area contributed by atoms with E-state index in [1.54, 1.807) is 20.8 Å². The normalized spacial score (nSPS) is 21.7. The van der Waals surface area contributed by atoms with Crippen LogP contribution in [0.25, 0.3) is 0 Å². The summed E-state index contributed by atoms with van der Waals surface area (Å²) in [5, 5.41) is 9.45. The number of hydrogen-bond donors (Lipinski definition) is 1. The lowest BCUT2D eigenvalue weighted by Crippen LogP contribution is -2.35. The molecule has 0 saturated carbocycles. The molecular weight excluding hydrogens is 397 g/mol. The van der Waals surface area contributed by atoms with Crippen LogP contribution in [-0.2, 0) is 9.53 Å². The van der Waals surface area contributed by atoms with Crippen molar-refractivity contribution in [2.75, 3.05) is 13.1 Å². The first kappa shape index (κ1) is 17.1. The molecule has 1 heterocycles. The van der Waals surface area contributed by atoms with Crippen LogP contribution in [0.5, 0.6) is 0 Å². The van der Waals surface area contributed by atoms with Gasteiger partial charge < -0.3 is 14.7 Å². The van der Waals surface area contributed by atoms with Crippen LogP contribution in [0, 0.1) is 9.49 Å². The molecule has 0 radical (unpaired) electrons. The van der Waals surface area contributed by atoms with Gasteiger partial charge in [0.1, 0.15) is 5.60 Å². The molecule has 1 fully saturated rings. The van der Waals surface area contributed by atoms with E-state index in [-0.39, 0.29) is 12.5 Å². The van der Waals surface area contributed by atoms with E-state index in [0.717, 1.165) is 9.13 Å². The van der Waals surface area contributed by atoms with Gasteiger partial charge in [0.15, 0.2) is 0 Å². The topological polar surface area (TPSA) is 66.8 Å². The fourth-order valence-corrected chi connectivity index (χ4v) is 2.94. The largest absolute Gasteiger partial charge is 0.481 e. The summed E-state index contributed by atoms with van der Waals surface area (Å²) in [7, 11) is 0. The number of benzene rings is 1. The fraction of sp³-hybridized carbons (Fsp3) is 0.500. The number of nitrogens with zero attached hydrogens (tertiary/aromatic N) is 1. The maximum atomic E-state index is 12.2. The van der Waals surface area contributed by atoms with Gasteiger partial charge in [0, 0.05) is 22.6 Å². The first-order valence-electron chi connectivity index (χ1n) is 7.13. The highest BCUT2D eigenvalue weighted by atomic mass is 127. The Labute approximate surface area is 143 Å². The van der Waals surface area contributed by atoms with Crippen LogP contribution in [-0.4, -0.2) is 40.8 Å².